The molecular weight excluding hydrogens is 260 g/mol. The van der Waals surface area contributed by atoms with Crippen LogP contribution in [0.2, 0.25) is 0 Å². The lowest BCUT2D eigenvalue weighted by molar-refractivity contribution is -0.00691. The topological polar surface area (TPSA) is 63.4 Å². The molecule has 0 radical (unpaired) electrons. The Bertz CT molecular complexity index is 419. The average molecular weight is 288 g/mol. The quantitative estimate of drug-likeness (QED) is 0.831. The van der Waals surface area contributed by atoms with Crippen LogP contribution >= 0.6 is 0 Å². The maximum absolute atomic E-state index is 11.6. The molecular formula is C14H28N2O2S. The molecule has 2 rings (SSSR count). The van der Waals surface area contributed by atoms with Gasteiger partial charge in [-0.2, -0.15) is 0 Å². The highest BCUT2D eigenvalue weighted by Crippen LogP contribution is 2.46. The minimum absolute atomic E-state index is 0.0110. The first-order valence-electron chi connectivity index (χ1n) is 7.34. The van der Waals surface area contributed by atoms with Gasteiger partial charge >= 0.3 is 0 Å². The normalized spacial score (nSPS) is 39.1. The van der Waals surface area contributed by atoms with E-state index in [1.165, 1.54) is 6.42 Å². The Hall–Kier alpha value is -0.130. The Morgan fingerprint density at radius 1 is 1.21 bits per heavy atom. The third-order valence-electron chi connectivity index (χ3n) is 4.83. The van der Waals surface area contributed by atoms with Crippen LogP contribution in [0.5, 0.6) is 0 Å². The molecule has 1 aliphatic carbocycles. The van der Waals surface area contributed by atoms with Gasteiger partial charge < -0.3 is 5.73 Å². The van der Waals surface area contributed by atoms with E-state index in [1.807, 2.05) is 0 Å². The van der Waals surface area contributed by atoms with Gasteiger partial charge in [0.25, 0.3) is 0 Å². The predicted octanol–water partition coefficient (Wildman–Crippen LogP) is 1.26. The molecule has 0 amide bonds. The fourth-order valence-corrected chi connectivity index (χ4v) is 5.61. The van der Waals surface area contributed by atoms with Crippen molar-refractivity contribution in [3.05, 3.63) is 0 Å². The van der Waals surface area contributed by atoms with Crippen LogP contribution in [0.25, 0.3) is 0 Å². The van der Waals surface area contributed by atoms with Crippen molar-refractivity contribution in [2.24, 2.45) is 17.1 Å². The summed E-state index contributed by atoms with van der Waals surface area (Å²) in [6.07, 6.45) is 3.43. The Morgan fingerprint density at radius 2 is 1.79 bits per heavy atom. The van der Waals surface area contributed by atoms with Crippen molar-refractivity contribution < 1.29 is 8.42 Å². The zero-order chi connectivity index (χ0) is 14.3. The van der Waals surface area contributed by atoms with Crippen LogP contribution in [0.1, 0.15) is 40.0 Å². The standard InChI is InChI=1S/C14H28N2O2S/c1-12-8-13(2,3)10-14(9-12,11-15)16-4-6-19(17,18)7-5-16/h12H,4-11,15H2,1-3H3. The van der Waals surface area contributed by atoms with Crippen molar-refractivity contribution in [2.75, 3.05) is 31.1 Å². The first-order chi connectivity index (χ1) is 8.68. The molecule has 1 saturated carbocycles. The molecule has 0 aromatic rings. The summed E-state index contributed by atoms with van der Waals surface area (Å²) in [5, 5.41) is 0. The lowest BCUT2D eigenvalue weighted by atomic mass is 9.63. The largest absolute Gasteiger partial charge is 0.329 e. The van der Waals surface area contributed by atoms with Crippen LogP contribution in [-0.4, -0.2) is 50.0 Å². The van der Waals surface area contributed by atoms with E-state index < -0.39 is 9.84 Å². The Morgan fingerprint density at radius 3 is 2.26 bits per heavy atom. The summed E-state index contributed by atoms with van der Waals surface area (Å²) in [6, 6.07) is 0. The van der Waals surface area contributed by atoms with Crippen LogP contribution in [0.15, 0.2) is 0 Å². The molecule has 1 aliphatic heterocycles. The summed E-state index contributed by atoms with van der Waals surface area (Å²) in [7, 11) is -2.81. The molecule has 0 aromatic carbocycles. The van der Waals surface area contributed by atoms with E-state index in [2.05, 4.69) is 25.7 Å². The van der Waals surface area contributed by atoms with Crippen LogP contribution < -0.4 is 5.73 Å². The first kappa shape index (κ1) is 15.3. The molecule has 0 spiro atoms. The van der Waals surface area contributed by atoms with Crippen molar-refractivity contribution in [3.8, 4) is 0 Å². The van der Waals surface area contributed by atoms with Crippen molar-refractivity contribution in [2.45, 2.75) is 45.6 Å². The van der Waals surface area contributed by atoms with Gasteiger partial charge in [0.05, 0.1) is 11.5 Å². The van der Waals surface area contributed by atoms with E-state index in [4.69, 9.17) is 5.73 Å². The number of hydrogen-bond acceptors (Lipinski definition) is 4. The average Bonchev–Trinajstić information content (AvgIpc) is 2.25. The highest BCUT2D eigenvalue weighted by atomic mass is 32.2. The van der Waals surface area contributed by atoms with Gasteiger partial charge in [-0.25, -0.2) is 8.42 Å². The maximum Gasteiger partial charge on any atom is 0.152 e. The van der Waals surface area contributed by atoms with Crippen LogP contribution in [0.4, 0.5) is 0 Å². The Labute approximate surface area is 117 Å². The molecule has 1 heterocycles. The monoisotopic (exact) mass is 288 g/mol. The third-order valence-corrected chi connectivity index (χ3v) is 6.44. The molecule has 2 unspecified atom stereocenters. The third kappa shape index (κ3) is 3.31. The van der Waals surface area contributed by atoms with E-state index in [-0.39, 0.29) is 5.54 Å². The number of nitrogens with zero attached hydrogens (tertiary/aromatic N) is 1. The molecule has 19 heavy (non-hydrogen) atoms. The fourth-order valence-electron chi connectivity index (χ4n) is 4.41. The zero-order valence-electron chi connectivity index (χ0n) is 12.5. The Balaban J connectivity index is 2.18. The maximum atomic E-state index is 11.6. The summed E-state index contributed by atoms with van der Waals surface area (Å²) in [6.45, 7) is 8.87. The van der Waals surface area contributed by atoms with E-state index in [9.17, 15) is 8.42 Å². The molecule has 2 atom stereocenters. The number of rotatable bonds is 2. The minimum atomic E-state index is -2.81. The van der Waals surface area contributed by atoms with Gasteiger partial charge in [0, 0.05) is 25.2 Å². The van der Waals surface area contributed by atoms with Gasteiger partial charge in [0.1, 0.15) is 0 Å². The second kappa shape index (κ2) is 5.01. The van der Waals surface area contributed by atoms with Crippen LogP contribution in [-0.2, 0) is 9.84 Å². The van der Waals surface area contributed by atoms with Crippen LogP contribution in [0, 0.1) is 11.3 Å². The molecule has 0 aromatic heterocycles. The summed E-state index contributed by atoms with van der Waals surface area (Å²) in [5.74, 6) is 1.25. The lowest BCUT2D eigenvalue weighted by Crippen LogP contribution is -2.62. The molecule has 0 bridgehead atoms. The lowest BCUT2D eigenvalue weighted by Gasteiger charge is -2.53. The van der Waals surface area contributed by atoms with Crippen molar-refractivity contribution in [3.63, 3.8) is 0 Å². The van der Waals surface area contributed by atoms with Crippen molar-refractivity contribution >= 4 is 9.84 Å². The first-order valence-corrected chi connectivity index (χ1v) is 9.16. The predicted molar refractivity (Wildman–Crippen MR) is 78.8 cm³/mol. The summed E-state index contributed by atoms with van der Waals surface area (Å²) < 4.78 is 23.2. The highest BCUT2D eigenvalue weighted by Gasteiger charge is 2.46. The number of hydrogen-bond donors (Lipinski definition) is 1. The molecule has 2 fully saturated rings. The van der Waals surface area contributed by atoms with Gasteiger partial charge in [-0.3, -0.25) is 4.90 Å². The molecule has 112 valence electrons. The summed E-state index contributed by atoms with van der Waals surface area (Å²) in [4.78, 5) is 2.37. The highest BCUT2D eigenvalue weighted by molar-refractivity contribution is 7.91. The van der Waals surface area contributed by atoms with Crippen LogP contribution in [0.3, 0.4) is 0 Å². The number of sulfone groups is 1. The minimum Gasteiger partial charge on any atom is -0.329 e. The van der Waals surface area contributed by atoms with Gasteiger partial charge in [0.15, 0.2) is 9.84 Å². The van der Waals surface area contributed by atoms with E-state index in [0.29, 0.717) is 42.5 Å². The van der Waals surface area contributed by atoms with Gasteiger partial charge in [-0.1, -0.05) is 20.8 Å². The zero-order valence-corrected chi connectivity index (χ0v) is 13.3. The van der Waals surface area contributed by atoms with Crippen molar-refractivity contribution in [1.82, 2.24) is 4.90 Å². The molecule has 1 saturated heterocycles. The van der Waals surface area contributed by atoms with E-state index >= 15 is 0 Å². The van der Waals surface area contributed by atoms with Gasteiger partial charge in [0.2, 0.25) is 0 Å². The smallest absolute Gasteiger partial charge is 0.152 e. The molecule has 4 nitrogen and oxygen atoms in total. The SMILES string of the molecule is CC1CC(C)(C)CC(CN)(N2CCS(=O)(=O)CC2)C1. The molecule has 2 N–H and O–H groups in total. The van der Waals surface area contributed by atoms with E-state index in [1.54, 1.807) is 0 Å². The molecule has 2 aliphatic rings. The summed E-state index contributed by atoms with van der Waals surface area (Å²) in [5.41, 5.74) is 6.44. The van der Waals surface area contributed by atoms with Crippen molar-refractivity contribution in [1.29, 1.82) is 0 Å². The number of nitrogens with two attached hydrogens (primary N) is 1. The molecule has 5 heteroatoms. The summed E-state index contributed by atoms with van der Waals surface area (Å²) >= 11 is 0. The fraction of sp³-hybridized carbons (Fsp3) is 1.00. The second-order valence-corrected chi connectivity index (χ2v) is 9.73. The van der Waals surface area contributed by atoms with Gasteiger partial charge in [-0.05, 0) is 30.6 Å². The van der Waals surface area contributed by atoms with E-state index in [0.717, 1.165) is 12.8 Å². The second-order valence-electron chi connectivity index (χ2n) is 7.42. The Kier molecular flexibility index (Phi) is 4.02. The van der Waals surface area contributed by atoms with Gasteiger partial charge in [-0.15, -0.1) is 0 Å².